The van der Waals surface area contributed by atoms with Crippen LogP contribution in [0, 0.1) is 0 Å². The van der Waals surface area contributed by atoms with Crippen molar-refractivity contribution in [1.82, 2.24) is 9.97 Å². The van der Waals surface area contributed by atoms with Crippen LogP contribution in [-0.2, 0) is 0 Å². The number of aromatic nitrogens is 2. The molecule has 1 aliphatic heterocycles. The number of amides is 1. The van der Waals surface area contributed by atoms with Gasteiger partial charge in [-0.05, 0) is 30.3 Å². The highest BCUT2D eigenvalue weighted by atomic mass is 32.1. The molecule has 0 saturated heterocycles. The van der Waals surface area contributed by atoms with Gasteiger partial charge >= 0.3 is 0 Å². The van der Waals surface area contributed by atoms with E-state index in [-0.39, 0.29) is 5.91 Å². The van der Waals surface area contributed by atoms with Crippen LogP contribution in [0.4, 0.5) is 5.13 Å². The first kappa shape index (κ1) is 16.2. The Kier molecular flexibility index (Phi) is 3.99. The van der Waals surface area contributed by atoms with Crippen LogP contribution in [0.1, 0.15) is 9.80 Å². The fourth-order valence-corrected chi connectivity index (χ4v) is 4.36. The smallest absolute Gasteiger partial charge is 0.286 e. The van der Waals surface area contributed by atoms with Gasteiger partial charge in [0.25, 0.3) is 5.91 Å². The Balaban J connectivity index is 1.36. The Morgan fingerprint density at radius 1 is 1.04 bits per heavy atom. The number of hydrogen-bond donors (Lipinski definition) is 1. The van der Waals surface area contributed by atoms with Crippen LogP contribution in [-0.4, -0.2) is 29.1 Å². The van der Waals surface area contributed by atoms with Crippen molar-refractivity contribution in [2.24, 2.45) is 0 Å². The topological polar surface area (TPSA) is 73.3 Å². The van der Waals surface area contributed by atoms with Crippen molar-refractivity contribution in [2.45, 2.75) is 0 Å². The summed E-state index contributed by atoms with van der Waals surface area (Å²) in [6.07, 6.45) is 0. The van der Waals surface area contributed by atoms with Crippen LogP contribution in [0.15, 0.2) is 47.8 Å². The zero-order valence-corrected chi connectivity index (χ0v) is 15.6. The summed E-state index contributed by atoms with van der Waals surface area (Å²) < 4.78 is 12.1. The van der Waals surface area contributed by atoms with Crippen LogP contribution >= 0.6 is 22.7 Å². The van der Waals surface area contributed by atoms with Crippen molar-refractivity contribution in [3.8, 4) is 22.8 Å². The van der Waals surface area contributed by atoms with E-state index in [0.717, 1.165) is 27.2 Å². The number of benzene rings is 2. The highest BCUT2D eigenvalue weighted by molar-refractivity contribution is 7.20. The van der Waals surface area contributed by atoms with Gasteiger partial charge in [-0.1, -0.05) is 12.1 Å². The molecule has 0 spiro atoms. The van der Waals surface area contributed by atoms with Gasteiger partial charge in [-0.3, -0.25) is 10.1 Å². The number of thiazole rings is 2. The predicted molar refractivity (Wildman–Crippen MR) is 106 cm³/mol. The molecular weight excluding hydrogens is 382 g/mol. The normalized spacial score (nSPS) is 12.9. The maximum absolute atomic E-state index is 12.5. The first-order valence-electron chi connectivity index (χ1n) is 8.29. The molecule has 5 rings (SSSR count). The lowest BCUT2D eigenvalue weighted by atomic mass is 10.1. The number of nitrogens with zero attached hydrogens (tertiary/aromatic N) is 2. The molecule has 0 fully saturated rings. The minimum Gasteiger partial charge on any atom is -0.486 e. The van der Waals surface area contributed by atoms with E-state index in [0.29, 0.717) is 29.1 Å². The number of anilines is 1. The molecule has 0 aliphatic carbocycles. The Morgan fingerprint density at radius 2 is 1.89 bits per heavy atom. The molecule has 134 valence electrons. The molecule has 0 radical (unpaired) electrons. The van der Waals surface area contributed by atoms with E-state index in [1.54, 1.807) is 0 Å². The SMILES string of the molecule is O=C(Nc1nc(-c2ccc3c(c2)OCCO3)cs1)c1nc2ccccc2s1. The molecular formula is C19H13N3O3S2. The van der Waals surface area contributed by atoms with Crippen molar-refractivity contribution in [2.75, 3.05) is 18.5 Å². The Bertz CT molecular complexity index is 1120. The van der Waals surface area contributed by atoms with E-state index in [1.807, 2.05) is 47.8 Å². The summed E-state index contributed by atoms with van der Waals surface area (Å²) in [6.45, 7) is 1.10. The first-order chi connectivity index (χ1) is 13.3. The third kappa shape index (κ3) is 3.13. The molecule has 1 amide bonds. The number of carbonyl (C=O) groups excluding carboxylic acids is 1. The lowest BCUT2D eigenvalue weighted by Gasteiger charge is -2.18. The standard InChI is InChI=1S/C19H13N3O3S2/c23-17(18-20-12-3-1-2-4-16(12)27-18)22-19-21-13(10-26-19)11-5-6-14-15(9-11)25-8-7-24-14/h1-6,9-10H,7-8H2,(H,21,22,23). The van der Waals surface area contributed by atoms with Crippen molar-refractivity contribution in [3.63, 3.8) is 0 Å². The molecule has 6 nitrogen and oxygen atoms in total. The second-order valence-electron chi connectivity index (χ2n) is 5.84. The lowest BCUT2D eigenvalue weighted by Crippen LogP contribution is -2.15. The minimum atomic E-state index is -0.251. The number of fused-ring (bicyclic) bond motifs is 2. The number of carbonyl (C=O) groups is 1. The number of ether oxygens (including phenoxy) is 2. The van der Waals surface area contributed by atoms with Gasteiger partial charge in [0.2, 0.25) is 0 Å². The molecule has 1 aliphatic rings. The maximum Gasteiger partial charge on any atom is 0.286 e. The molecule has 0 atom stereocenters. The van der Waals surface area contributed by atoms with Crippen molar-refractivity contribution >= 4 is 43.9 Å². The number of nitrogens with one attached hydrogen (secondary N) is 1. The Hall–Kier alpha value is -2.97. The third-order valence-electron chi connectivity index (χ3n) is 4.05. The lowest BCUT2D eigenvalue weighted by molar-refractivity contribution is 0.102. The van der Waals surface area contributed by atoms with Crippen LogP contribution in [0.3, 0.4) is 0 Å². The maximum atomic E-state index is 12.5. The van der Waals surface area contributed by atoms with E-state index in [2.05, 4.69) is 15.3 Å². The largest absolute Gasteiger partial charge is 0.486 e. The number of rotatable bonds is 3. The summed E-state index contributed by atoms with van der Waals surface area (Å²) in [5.41, 5.74) is 2.51. The summed E-state index contributed by atoms with van der Waals surface area (Å²) in [4.78, 5) is 21.4. The van der Waals surface area contributed by atoms with E-state index < -0.39 is 0 Å². The molecule has 2 aromatic carbocycles. The van der Waals surface area contributed by atoms with Gasteiger partial charge < -0.3 is 9.47 Å². The van der Waals surface area contributed by atoms with E-state index >= 15 is 0 Å². The number of para-hydroxylation sites is 1. The highest BCUT2D eigenvalue weighted by Crippen LogP contribution is 2.35. The molecule has 2 aromatic heterocycles. The first-order valence-corrected chi connectivity index (χ1v) is 9.98. The predicted octanol–water partition coefficient (Wildman–Crippen LogP) is 4.44. The molecule has 0 bridgehead atoms. The van der Waals surface area contributed by atoms with Gasteiger partial charge in [0, 0.05) is 10.9 Å². The van der Waals surface area contributed by atoms with Gasteiger partial charge in [-0.25, -0.2) is 9.97 Å². The van der Waals surface area contributed by atoms with Crippen LogP contribution in [0.5, 0.6) is 11.5 Å². The van der Waals surface area contributed by atoms with Crippen molar-refractivity contribution in [1.29, 1.82) is 0 Å². The molecule has 0 unspecified atom stereocenters. The Labute approximate surface area is 162 Å². The van der Waals surface area contributed by atoms with Crippen molar-refractivity contribution < 1.29 is 14.3 Å². The second-order valence-corrected chi connectivity index (χ2v) is 7.73. The van der Waals surface area contributed by atoms with Gasteiger partial charge in [0.1, 0.15) is 13.2 Å². The van der Waals surface area contributed by atoms with E-state index in [9.17, 15) is 4.79 Å². The van der Waals surface area contributed by atoms with Crippen LogP contribution in [0.2, 0.25) is 0 Å². The summed E-state index contributed by atoms with van der Waals surface area (Å²) in [5, 5.41) is 5.69. The molecule has 1 N–H and O–H groups in total. The van der Waals surface area contributed by atoms with Crippen LogP contribution < -0.4 is 14.8 Å². The highest BCUT2D eigenvalue weighted by Gasteiger charge is 2.16. The fraction of sp³-hybridized carbons (Fsp3) is 0.105. The van der Waals surface area contributed by atoms with Gasteiger partial charge in [0.05, 0.1) is 15.9 Å². The summed E-state index contributed by atoms with van der Waals surface area (Å²) in [6, 6.07) is 13.4. The summed E-state index contributed by atoms with van der Waals surface area (Å²) >= 11 is 2.74. The average Bonchev–Trinajstić information content (AvgIpc) is 3.34. The third-order valence-corrected chi connectivity index (χ3v) is 5.84. The molecule has 0 saturated carbocycles. The van der Waals surface area contributed by atoms with E-state index in [1.165, 1.54) is 22.7 Å². The molecule has 27 heavy (non-hydrogen) atoms. The monoisotopic (exact) mass is 395 g/mol. The Morgan fingerprint density at radius 3 is 2.78 bits per heavy atom. The van der Waals surface area contributed by atoms with Crippen LogP contribution in [0.25, 0.3) is 21.5 Å². The molecule has 8 heteroatoms. The van der Waals surface area contributed by atoms with Gasteiger partial charge in [0.15, 0.2) is 21.6 Å². The zero-order chi connectivity index (χ0) is 18.2. The molecule has 4 aromatic rings. The average molecular weight is 395 g/mol. The quantitative estimate of drug-likeness (QED) is 0.555. The second kappa shape index (κ2) is 6.64. The van der Waals surface area contributed by atoms with Crippen molar-refractivity contribution in [3.05, 3.63) is 52.9 Å². The summed E-state index contributed by atoms with van der Waals surface area (Å²) in [7, 11) is 0. The van der Waals surface area contributed by atoms with Gasteiger partial charge in [-0.15, -0.1) is 22.7 Å². The number of hydrogen-bond acceptors (Lipinski definition) is 7. The minimum absolute atomic E-state index is 0.251. The zero-order valence-electron chi connectivity index (χ0n) is 14.0. The van der Waals surface area contributed by atoms with Gasteiger partial charge in [-0.2, -0.15) is 0 Å². The fourth-order valence-electron chi connectivity index (χ4n) is 2.79. The molecule has 3 heterocycles. The summed E-state index contributed by atoms with van der Waals surface area (Å²) in [5.74, 6) is 1.20. The van der Waals surface area contributed by atoms with E-state index in [4.69, 9.17) is 9.47 Å².